The minimum absolute atomic E-state index is 0.0177. The lowest BCUT2D eigenvalue weighted by atomic mass is 9.85. The highest BCUT2D eigenvalue weighted by Gasteiger charge is 2.48. The summed E-state index contributed by atoms with van der Waals surface area (Å²) >= 11 is 0. The molecule has 0 aliphatic carbocycles. The molecule has 8 heteroatoms. The molecule has 4 rings (SSSR count). The molecule has 1 saturated heterocycles. The summed E-state index contributed by atoms with van der Waals surface area (Å²) in [4.78, 5) is 6.71. The van der Waals surface area contributed by atoms with Crippen LogP contribution in [-0.2, 0) is 12.0 Å². The molecule has 2 aliphatic rings. The third-order valence-electron chi connectivity index (χ3n) is 6.21. The number of anilines is 1. The van der Waals surface area contributed by atoms with E-state index in [1.54, 1.807) is 12.3 Å². The maximum absolute atomic E-state index is 13.9. The van der Waals surface area contributed by atoms with Gasteiger partial charge in [0.15, 0.2) is 6.04 Å². The van der Waals surface area contributed by atoms with Gasteiger partial charge in [-0.2, -0.15) is 18.3 Å². The van der Waals surface area contributed by atoms with Crippen LogP contribution in [0.5, 0.6) is 0 Å². The Bertz CT molecular complexity index is 856. The summed E-state index contributed by atoms with van der Waals surface area (Å²) in [5.74, 6) is 0.648. The predicted octanol–water partition coefficient (Wildman–Crippen LogP) is 4.78. The Morgan fingerprint density at radius 3 is 2.67 bits per heavy atom. The zero-order chi connectivity index (χ0) is 21.5. The lowest BCUT2D eigenvalue weighted by Crippen LogP contribution is -2.47. The number of rotatable bonds is 3. The Hall–Kier alpha value is -2.09. The van der Waals surface area contributed by atoms with Crippen LogP contribution >= 0.6 is 0 Å². The topological polar surface area (TPSA) is 46.0 Å². The first-order valence-corrected chi connectivity index (χ1v) is 10.7. The average molecular weight is 422 g/mol. The summed E-state index contributed by atoms with van der Waals surface area (Å²) in [5.41, 5.74) is 1.37. The summed E-state index contributed by atoms with van der Waals surface area (Å²) < 4.78 is 42.9. The lowest BCUT2D eigenvalue weighted by molar-refractivity contribution is -0.174. The van der Waals surface area contributed by atoms with Gasteiger partial charge in [0.2, 0.25) is 0 Å². The van der Waals surface area contributed by atoms with E-state index in [9.17, 15) is 13.2 Å². The van der Waals surface area contributed by atoms with Gasteiger partial charge in [-0.25, -0.2) is 4.68 Å². The molecule has 1 unspecified atom stereocenters. The van der Waals surface area contributed by atoms with Crippen molar-refractivity contribution in [2.45, 2.75) is 70.3 Å². The monoisotopic (exact) mass is 421 g/mol. The lowest BCUT2D eigenvalue weighted by Gasteiger charge is -2.41. The van der Waals surface area contributed by atoms with Gasteiger partial charge in [0.05, 0.1) is 11.4 Å². The fourth-order valence-electron chi connectivity index (χ4n) is 4.56. The standard InChI is InChI=1S/C22H30F3N5/c1-21(2,3)18-12-20-27-17(11-19(22(23,24)25)30(20)28-18)15-7-6-10-29(13-15)14-16-8-4-5-9-26-16/h4-5,8-9,12,15,17,19,27H,6-7,10-11,13-14H2,1-3H3/t15?,17-,19+/m1/s1. The number of alkyl halides is 3. The van der Waals surface area contributed by atoms with E-state index in [0.717, 1.165) is 42.9 Å². The summed E-state index contributed by atoms with van der Waals surface area (Å²) in [6.07, 6.45) is -0.607. The molecule has 0 amide bonds. The van der Waals surface area contributed by atoms with E-state index in [0.29, 0.717) is 11.5 Å². The van der Waals surface area contributed by atoms with Crippen LogP contribution in [0.25, 0.3) is 0 Å². The maximum atomic E-state index is 13.9. The molecule has 4 heterocycles. The first-order valence-electron chi connectivity index (χ1n) is 10.7. The van der Waals surface area contributed by atoms with Crippen LogP contribution in [0.4, 0.5) is 19.0 Å². The molecule has 1 N–H and O–H groups in total. The number of nitrogens with one attached hydrogen (secondary N) is 1. The van der Waals surface area contributed by atoms with Crippen LogP contribution in [0, 0.1) is 5.92 Å². The Kier molecular flexibility index (Phi) is 5.55. The molecule has 2 aromatic rings. The molecule has 0 bridgehead atoms. The summed E-state index contributed by atoms with van der Waals surface area (Å²) in [7, 11) is 0. The normalized spacial score (nSPS) is 25.6. The molecule has 2 aromatic heterocycles. The summed E-state index contributed by atoms with van der Waals surface area (Å²) in [5, 5.41) is 7.74. The van der Waals surface area contributed by atoms with E-state index in [1.807, 2.05) is 39.0 Å². The Morgan fingerprint density at radius 1 is 1.20 bits per heavy atom. The van der Waals surface area contributed by atoms with E-state index < -0.39 is 12.2 Å². The highest BCUT2D eigenvalue weighted by molar-refractivity contribution is 5.43. The molecule has 0 spiro atoms. The molecule has 0 radical (unpaired) electrons. The number of pyridine rings is 1. The van der Waals surface area contributed by atoms with Crippen LogP contribution in [0.1, 0.15) is 57.5 Å². The third kappa shape index (κ3) is 4.48. The number of halogens is 3. The second-order valence-corrected chi connectivity index (χ2v) is 9.61. The van der Waals surface area contributed by atoms with Crippen molar-refractivity contribution < 1.29 is 13.2 Å². The molecule has 2 aliphatic heterocycles. The van der Waals surface area contributed by atoms with Gasteiger partial charge in [0.1, 0.15) is 5.82 Å². The van der Waals surface area contributed by atoms with Gasteiger partial charge >= 0.3 is 6.18 Å². The Morgan fingerprint density at radius 2 is 2.00 bits per heavy atom. The van der Waals surface area contributed by atoms with Crippen molar-refractivity contribution >= 4 is 5.82 Å². The first-order chi connectivity index (χ1) is 14.1. The zero-order valence-corrected chi connectivity index (χ0v) is 17.8. The Labute approximate surface area is 175 Å². The first kappa shape index (κ1) is 21.2. The number of nitrogens with zero attached hydrogens (tertiary/aromatic N) is 4. The molecule has 0 aromatic carbocycles. The number of fused-ring (bicyclic) bond motifs is 1. The van der Waals surface area contributed by atoms with Gasteiger partial charge in [-0.05, 0) is 43.9 Å². The predicted molar refractivity (Wildman–Crippen MR) is 110 cm³/mol. The SMILES string of the molecule is CC(C)(C)c1cc2n(n1)[C@H](C(F)(F)F)C[C@H](C1CCCN(Cc3ccccn3)C1)N2. The number of aromatic nitrogens is 3. The van der Waals surface area contributed by atoms with Crippen LogP contribution < -0.4 is 5.32 Å². The minimum atomic E-state index is -4.32. The van der Waals surface area contributed by atoms with E-state index in [-0.39, 0.29) is 23.8 Å². The fourth-order valence-corrected chi connectivity index (χ4v) is 4.56. The maximum Gasteiger partial charge on any atom is 0.410 e. The van der Waals surface area contributed by atoms with Gasteiger partial charge in [-0.3, -0.25) is 9.88 Å². The smallest absolute Gasteiger partial charge is 0.367 e. The van der Waals surface area contributed by atoms with Crippen LogP contribution in [0.2, 0.25) is 0 Å². The summed E-state index contributed by atoms with van der Waals surface area (Å²) in [6.45, 7) is 8.38. The van der Waals surface area contributed by atoms with E-state index in [1.165, 1.54) is 0 Å². The van der Waals surface area contributed by atoms with Crippen LogP contribution in [0.15, 0.2) is 30.5 Å². The highest BCUT2D eigenvalue weighted by Crippen LogP contribution is 2.43. The van der Waals surface area contributed by atoms with Gasteiger partial charge in [-0.1, -0.05) is 26.8 Å². The van der Waals surface area contributed by atoms with Crippen molar-refractivity contribution in [2.24, 2.45) is 5.92 Å². The zero-order valence-electron chi connectivity index (χ0n) is 17.8. The van der Waals surface area contributed by atoms with Crippen molar-refractivity contribution in [3.05, 3.63) is 41.9 Å². The van der Waals surface area contributed by atoms with E-state index >= 15 is 0 Å². The van der Waals surface area contributed by atoms with Crippen molar-refractivity contribution in [3.8, 4) is 0 Å². The second-order valence-electron chi connectivity index (χ2n) is 9.61. The second kappa shape index (κ2) is 7.87. The molecular formula is C22H30F3N5. The van der Waals surface area contributed by atoms with Crippen LogP contribution in [0.3, 0.4) is 0 Å². The fraction of sp³-hybridized carbons (Fsp3) is 0.636. The van der Waals surface area contributed by atoms with E-state index in [4.69, 9.17) is 0 Å². The minimum Gasteiger partial charge on any atom is -0.367 e. The molecule has 1 fully saturated rings. The van der Waals surface area contributed by atoms with Crippen molar-refractivity contribution in [1.29, 1.82) is 0 Å². The Balaban J connectivity index is 1.53. The molecule has 30 heavy (non-hydrogen) atoms. The van der Waals surface area contributed by atoms with Crippen molar-refractivity contribution in [1.82, 2.24) is 19.7 Å². The number of piperidine rings is 1. The van der Waals surface area contributed by atoms with Gasteiger partial charge in [0.25, 0.3) is 0 Å². The number of hydrogen-bond donors (Lipinski definition) is 1. The van der Waals surface area contributed by atoms with Gasteiger partial charge in [0, 0.05) is 36.8 Å². The summed E-state index contributed by atoms with van der Waals surface area (Å²) in [6, 6.07) is 5.84. The molecular weight excluding hydrogens is 391 g/mol. The van der Waals surface area contributed by atoms with Gasteiger partial charge < -0.3 is 5.32 Å². The number of hydrogen-bond acceptors (Lipinski definition) is 4. The van der Waals surface area contributed by atoms with Crippen molar-refractivity contribution in [2.75, 3.05) is 18.4 Å². The average Bonchev–Trinajstić information content (AvgIpc) is 3.12. The molecule has 164 valence electrons. The number of likely N-dealkylation sites (tertiary alicyclic amines) is 1. The van der Waals surface area contributed by atoms with Crippen molar-refractivity contribution in [3.63, 3.8) is 0 Å². The largest absolute Gasteiger partial charge is 0.410 e. The molecule has 3 atom stereocenters. The quantitative estimate of drug-likeness (QED) is 0.775. The van der Waals surface area contributed by atoms with Crippen LogP contribution in [-0.4, -0.2) is 45.0 Å². The van der Waals surface area contributed by atoms with Gasteiger partial charge in [-0.15, -0.1) is 0 Å². The third-order valence-corrected chi connectivity index (χ3v) is 6.21. The highest BCUT2D eigenvalue weighted by atomic mass is 19.4. The molecule has 0 saturated carbocycles. The van der Waals surface area contributed by atoms with E-state index in [2.05, 4.69) is 20.3 Å². The molecule has 5 nitrogen and oxygen atoms in total.